The summed E-state index contributed by atoms with van der Waals surface area (Å²) in [7, 11) is 3.22. The summed E-state index contributed by atoms with van der Waals surface area (Å²) in [5, 5.41) is 0.916. The van der Waals surface area contributed by atoms with Crippen molar-refractivity contribution in [1.82, 2.24) is 14.9 Å². The van der Waals surface area contributed by atoms with Crippen LogP contribution in [0.15, 0.2) is 42.7 Å². The third-order valence-corrected chi connectivity index (χ3v) is 5.72. The molecular formula is C23H26N4O3. The molecule has 1 aliphatic heterocycles. The van der Waals surface area contributed by atoms with Crippen molar-refractivity contribution in [2.45, 2.75) is 25.2 Å². The van der Waals surface area contributed by atoms with Gasteiger partial charge in [-0.1, -0.05) is 0 Å². The zero-order valence-corrected chi connectivity index (χ0v) is 17.3. The van der Waals surface area contributed by atoms with Crippen LogP contribution in [0.5, 0.6) is 11.5 Å². The predicted molar refractivity (Wildman–Crippen MR) is 116 cm³/mol. The number of fused-ring (bicyclic) bond motifs is 1. The van der Waals surface area contributed by atoms with Gasteiger partial charge in [0.25, 0.3) is 0 Å². The Balaban J connectivity index is 1.48. The number of carbonyl (C=O) groups is 1. The van der Waals surface area contributed by atoms with Crippen molar-refractivity contribution in [3.05, 3.63) is 54.0 Å². The van der Waals surface area contributed by atoms with Crippen LogP contribution in [-0.2, 0) is 11.2 Å². The Bertz CT molecular complexity index is 1050. The molecule has 30 heavy (non-hydrogen) atoms. The number of nitrogens with two attached hydrogens (primary N) is 1. The van der Waals surface area contributed by atoms with Gasteiger partial charge < -0.3 is 20.1 Å². The lowest BCUT2D eigenvalue weighted by Gasteiger charge is -2.32. The molecule has 7 nitrogen and oxygen atoms in total. The third-order valence-electron chi connectivity index (χ3n) is 5.72. The summed E-state index contributed by atoms with van der Waals surface area (Å²) in [4.78, 5) is 23.4. The average Bonchev–Trinajstić information content (AvgIpc) is 2.78. The van der Waals surface area contributed by atoms with E-state index in [-0.39, 0.29) is 11.8 Å². The molecule has 3 heterocycles. The maximum Gasteiger partial charge on any atom is 0.226 e. The number of nitrogen functional groups attached to an aromatic ring is 1. The van der Waals surface area contributed by atoms with Gasteiger partial charge in [0.15, 0.2) is 11.5 Å². The molecular weight excluding hydrogens is 380 g/mol. The van der Waals surface area contributed by atoms with Crippen molar-refractivity contribution in [2.24, 2.45) is 0 Å². The summed E-state index contributed by atoms with van der Waals surface area (Å²) < 4.78 is 10.8. The van der Waals surface area contributed by atoms with Crippen molar-refractivity contribution in [3.8, 4) is 11.5 Å². The Morgan fingerprint density at radius 3 is 2.43 bits per heavy atom. The van der Waals surface area contributed by atoms with E-state index in [4.69, 9.17) is 20.2 Å². The van der Waals surface area contributed by atoms with Gasteiger partial charge in [0.1, 0.15) is 0 Å². The lowest BCUT2D eigenvalue weighted by atomic mass is 9.91. The van der Waals surface area contributed by atoms with Crippen molar-refractivity contribution >= 4 is 22.5 Å². The molecule has 0 unspecified atom stereocenters. The maximum atomic E-state index is 12.6. The van der Waals surface area contributed by atoms with Crippen molar-refractivity contribution in [3.63, 3.8) is 0 Å². The van der Waals surface area contributed by atoms with Crippen LogP contribution in [0.3, 0.4) is 0 Å². The molecule has 2 aromatic heterocycles. The Morgan fingerprint density at radius 1 is 1.10 bits per heavy atom. The number of hydrogen-bond donors (Lipinski definition) is 1. The molecule has 0 aliphatic carbocycles. The lowest BCUT2D eigenvalue weighted by Crippen LogP contribution is -2.39. The van der Waals surface area contributed by atoms with Gasteiger partial charge in [-0.2, -0.15) is 0 Å². The molecule has 0 spiro atoms. The highest BCUT2D eigenvalue weighted by Crippen LogP contribution is 2.36. The highest BCUT2D eigenvalue weighted by atomic mass is 16.5. The maximum absolute atomic E-state index is 12.6. The summed E-state index contributed by atoms with van der Waals surface area (Å²) in [5.74, 6) is 1.67. The zero-order valence-electron chi connectivity index (χ0n) is 17.3. The lowest BCUT2D eigenvalue weighted by molar-refractivity contribution is -0.131. The van der Waals surface area contributed by atoms with Crippen molar-refractivity contribution < 1.29 is 14.3 Å². The molecule has 0 radical (unpaired) electrons. The second kappa shape index (κ2) is 8.57. The highest BCUT2D eigenvalue weighted by Gasteiger charge is 2.26. The topological polar surface area (TPSA) is 90.6 Å². The van der Waals surface area contributed by atoms with E-state index in [1.807, 2.05) is 35.2 Å². The fourth-order valence-electron chi connectivity index (χ4n) is 4.05. The number of rotatable bonds is 5. The number of piperidine rings is 1. The van der Waals surface area contributed by atoms with Gasteiger partial charge in [0, 0.05) is 42.9 Å². The van der Waals surface area contributed by atoms with Gasteiger partial charge in [0.2, 0.25) is 5.91 Å². The molecule has 1 saturated heterocycles. The van der Waals surface area contributed by atoms with Crippen LogP contribution in [0.2, 0.25) is 0 Å². The SMILES string of the molecule is COc1cc2cc(N)c(C3CCN(C(=O)Cc4ccncc4)CC3)nc2cc1OC. The molecule has 4 rings (SSSR count). The van der Waals surface area contributed by atoms with Crippen LogP contribution < -0.4 is 15.2 Å². The number of amides is 1. The molecule has 3 aromatic rings. The molecule has 156 valence electrons. The van der Waals surface area contributed by atoms with Gasteiger partial charge in [-0.3, -0.25) is 14.8 Å². The Morgan fingerprint density at radius 2 is 1.77 bits per heavy atom. The number of likely N-dealkylation sites (tertiary alicyclic amines) is 1. The van der Waals surface area contributed by atoms with Crippen molar-refractivity contribution in [2.75, 3.05) is 33.0 Å². The van der Waals surface area contributed by atoms with E-state index in [1.165, 1.54) is 0 Å². The van der Waals surface area contributed by atoms with E-state index < -0.39 is 0 Å². The largest absolute Gasteiger partial charge is 0.493 e. The molecule has 1 aromatic carbocycles. The summed E-state index contributed by atoms with van der Waals surface area (Å²) >= 11 is 0. The normalized spacial score (nSPS) is 14.7. The van der Waals surface area contributed by atoms with E-state index in [1.54, 1.807) is 26.6 Å². The van der Waals surface area contributed by atoms with Crippen LogP contribution >= 0.6 is 0 Å². The van der Waals surface area contributed by atoms with Gasteiger partial charge in [0.05, 0.1) is 37.5 Å². The van der Waals surface area contributed by atoms with Crippen molar-refractivity contribution in [1.29, 1.82) is 0 Å². The van der Waals surface area contributed by atoms with Gasteiger partial charge in [-0.15, -0.1) is 0 Å². The molecule has 7 heteroatoms. The third kappa shape index (κ3) is 4.01. The summed E-state index contributed by atoms with van der Waals surface area (Å²) in [6.07, 6.45) is 5.53. The van der Waals surface area contributed by atoms with E-state index in [2.05, 4.69) is 4.98 Å². The van der Waals surface area contributed by atoms with Crippen LogP contribution in [0.25, 0.3) is 10.9 Å². The van der Waals surface area contributed by atoms with Gasteiger partial charge in [-0.05, 0) is 42.7 Å². The molecule has 0 atom stereocenters. The van der Waals surface area contributed by atoms with E-state index in [0.29, 0.717) is 36.7 Å². The van der Waals surface area contributed by atoms with Gasteiger partial charge >= 0.3 is 0 Å². The molecule has 1 aliphatic rings. The molecule has 0 bridgehead atoms. The summed E-state index contributed by atoms with van der Waals surface area (Å²) in [6.45, 7) is 1.42. The summed E-state index contributed by atoms with van der Waals surface area (Å²) in [5.41, 5.74) is 9.75. The Hall–Kier alpha value is -3.35. The minimum atomic E-state index is 0.149. The predicted octanol–water partition coefficient (Wildman–Crippen LogP) is 3.18. The molecule has 1 fully saturated rings. The Labute approximate surface area is 175 Å². The van der Waals surface area contributed by atoms with Crippen LogP contribution in [0.4, 0.5) is 5.69 Å². The van der Waals surface area contributed by atoms with E-state index >= 15 is 0 Å². The number of methoxy groups -OCH3 is 2. The van der Waals surface area contributed by atoms with E-state index in [0.717, 1.165) is 35.0 Å². The number of anilines is 1. The first-order valence-corrected chi connectivity index (χ1v) is 10.1. The zero-order chi connectivity index (χ0) is 21.1. The number of carbonyl (C=O) groups excluding carboxylic acids is 1. The van der Waals surface area contributed by atoms with E-state index in [9.17, 15) is 4.79 Å². The van der Waals surface area contributed by atoms with Crippen LogP contribution in [0, 0.1) is 0 Å². The first-order valence-electron chi connectivity index (χ1n) is 10.1. The second-order valence-electron chi connectivity index (χ2n) is 7.55. The number of aromatic nitrogens is 2. The monoisotopic (exact) mass is 406 g/mol. The molecule has 0 saturated carbocycles. The first kappa shape index (κ1) is 19.9. The number of benzene rings is 1. The fourth-order valence-corrected chi connectivity index (χ4v) is 4.05. The smallest absolute Gasteiger partial charge is 0.226 e. The molecule has 1 amide bonds. The number of hydrogen-bond acceptors (Lipinski definition) is 6. The number of nitrogens with zero attached hydrogens (tertiary/aromatic N) is 3. The number of ether oxygens (including phenoxy) is 2. The summed E-state index contributed by atoms with van der Waals surface area (Å²) in [6, 6.07) is 9.48. The van der Waals surface area contributed by atoms with Crippen LogP contribution in [0.1, 0.15) is 30.0 Å². The minimum Gasteiger partial charge on any atom is -0.493 e. The minimum absolute atomic E-state index is 0.149. The highest BCUT2D eigenvalue weighted by molar-refractivity contribution is 5.86. The quantitative estimate of drug-likeness (QED) is 0.700. The Kier molecular flexibility index (Phi) is 5.70. The van der Waals surface area contributed by atoms with Crippen LogP contribution in [-0.4, -0.2) is 48.1 Å². The second-order valence-corrected chi connectivity index (χ2v) is 7.55. The fraction of sp³-hybridized carbons (Fsp3) is 0.348. The molecule has 2 N–H and O–H groups in total. The standard InChI is InChI=1S/C23H26N4O3/c1-29-20-13-17-12-18(24)23(26-19(17)14-21(20)30-2)16-5-9-27(10-6-16)22(28)11-15-3-7-25-8-4-15/h3-4,7-8,12-14,16H,5-6,9-11,24H2,1-2H3. The number of pyridine rings is 2. The first-order chi connectivity index (χ1) is 14.6. The average molecular weight is 406 g/mol. The van der Waals surface area contributed by atoms with Gasteiger partial charge in [-0.25, -0.2) is 0 Å².